The fraction of sp³-hybridized carbons (Fsp3) is 0.440. The zero-order chi connectivity index (χ0) is 26.0. The van der Waals surface area contributed by atoms with Crippen LogP contribution in [-0.4, -0.2) is 78.5 Å². The molecule has 2 aliphatic heterocycles. The summed E-state index contributed by atoms with van der Waals surface area (Å²) in [6.07, 6.45) is 2.09. The van der Waals surface area contributed by atoms with Crippen molar-refractivity contribution in [3.63, 3.8) is 0 Å². The number of ketones is 1. The molecule has 2 aliphatic rings. The van der Waals surface area contributed by atoms with Gasteiger partial charge in [0.05, 0.1) is 19.7 Å². The molecular weight excluding hydrogens is 484 g/mol. The molecule has 0 radical (unpaired) electrons. The summed E-state index contributed by atoms with van der Waals surface area (Å²) in [4.78, 5) is 44.9. The first kappa shape index (κ1) is 25.8. The van der Waals surface area contributed by atoms with E-state index in [1.54, 1.807) is 36.4 Å². The molecule has 0 bridgehead atoms. The van der Waals surface area contributed by atoms with Gasteiger partial charge in [-0.3, -0.25) is 14.4 Å². The number of fused-ring (bicyclic) bond motifs is 1. The normalized spacial score (nSPS) is 20.9. The number of likely N-dealkylation sites (tertiary alicyclic amines) is 1. The van der Waals surface area contributed by atoms with Crippen LogP contribution in [0.4, 0.5) is 0 Å². The molecule has 1 N–H and O–H groups in total. The Morgan fingerprint density at radius 2 is 1.89 bits per heavy atom. The SMILES string of the molecule is COc1ccc(C(=O)NC(CC(C)C)C(=O)N2CCC3C2C(=O)CN3S(=O)(=O)c2ccccn2)cc1. The third-order valence-corrected chi connectivity index (χ3v) is 8.32. The van der Waals surface area contributed by atoms with Crippen molar-refractivity contribution >= 4 is 27.6 Å². The second-order valence-corrected chi connectivity index (χ2v) is 11.2. The number of nitrogens with one attached hydrogen (secondary N) is 1. The quantitative estimate of drug-likeness (QED) is 0.565. The Morgan fingerprint density at radius 3 is 2.50 bits per heavy atom. The summed E-state index contributed by atoms with van der Waals surface area (Å²) in [6, 6.07) is 8.71. The van der Waals surface area contributed by atoms with Crippen molar-refractivity contribution in [2.75, 3.05) is 20.2 Å². The Labute approximate surface area is 210 Å². The Hall–Kier alpha value is -3.31. The molecule has 192 valence electrons. The van der Waals surface area contributed by atoms with Gasteiger partial charge in [-0.2, -0.15) is 4.31 Å². The van der Waals surface area contributed by atoms with E-state index >= 15 is 0 Å². The first-order chi connectivity index (χ1) is 17.1. The van der Waals surface area contributed by atoms with E-state index in [9.17, 15) is 22.8 Å². The summed E-state index contributed by atoms with van der Waals surface area (Å²) in [5.41, 5.74) is 0.376. The summed E-state index contributed by atoms with van der Waals surface area (Å²) in [5, 5.41) is 2.68. The standard InChI is InChI=1S/C25H30N4O6S/c1-16(2)14-19(27-24(31)17-7-9-18(35-3)10-8-17)25(32)28-13-11-20-23(28)21(30)15-29(20)36(33,34)22-6-4-5-12-26-22/h4-10,12,16,19-20,23H,11,13-15H2,1-3H3,(H,27,31). The minimum Gasteiger partial charge on any atom is -0.497 e. The lowest BCUT2D eigenvalue weighted by atomic mass is 10.0. The number of methoxy groups -OCH3 is 1. The number of pyridine rings is 1. The van der Waals surface area contributed by atoms with Crippen LogP contribution in [0, 0.1) is 5.92 Å². The van der Waals surface area contributed by atoms with Crippen LogP contribution in [0.5, 0.6) is 5.75 Å². The van der Waals surface area contributed by atoms with Crippen LogP contribution >= 0.6 is 0 Å². The first-order valence-corrected chi connectivity index (χ1v) is 13.3. The lowest BCUT2D eigenvalue weighted by molar-refractivity contribution is -0.138. The van der Waals surface area contributed by atoms with Crippen LogP contribution in [0.1, 0.15) is 37.0 Å². The van der Waals surface area contributed by atoms with Crippen molar-refractivity contribution in [3.8, 4) is 5.75 Å². The van der Waals surface area contributed by atoms with Crippen LogP contribution in [0.3, 0.4) is 0 Å². The van der Waals surface area contributed by atoms with Gasteiger partial charge in [0.2, 0.25) is 5.91 Å². The lowest BCUT2D eigenvalue weighted by Crippen LogP contribution is -2.53. The van der Waals surface area contributed by atoms with E-state index in [0.717, 1.165) is 4.31 Å². The van der Waals surface area contributed by atoms with E-state index < -0.39 is 34.1 Å². The molecule has 3 unspecified atom stereocenters. The maximum absolute atomic E-state index is 13.6. The monoisotopic (exact) mass is 514 g/mol. The molecule has 3 atom stereocenters. The maximum atomic E-state index is 13.6. The van der Waals surface area contributed by atoms with Crippen molar-refractivity contribution in [3.05, 3.63) is 54.2 Å². The molecule has 4 rings (SSSR count). The van der Waals surface area contributed by atoms with Crippen LogP contribution in [0.2, 0.25) is 0 Å². The number of Topliss-reactive ketones (excluding diaryl/α,β-unsaturated/α-hetero) is 1. The number of hydrogen-bond donors (Lipinski definition) is 1. The number of amides is 2. The molecule has 10 nitrogen and oxygen atoms in total. The highest BCUT2D eigenvalue weighted by Gasteiger charge is 2.54. The third kappa shape index (κ3) is 4.98. The van der Waals surface area contributed by atoms with Gasteiger partial charge in [-0.05, 0) is 55.2 Å². The molecule has 2 saturated heterocycles. The average molecular weight is 515 g/mol. The first-order valence-electron chi connectivity index (χ1n) is 11.8. The van der Waals surface area contributed by atoms with Crippen molar-refractivity contribution in [2.24, 2.45) is 5.92 Å². The summed E-state index contributed by atoms with van der Waals surface area (Å²) in [6.45, 7) is 3.79. The van der Waals surface area contributed by atoms with Crippen LogP contribution in [0.15, 0.2) is 53.7 Å². The molecule has 1 aromatic carbocycles. The van der Waals surface area contributed by atoms with Gasteiger partial charge in [0.1, 0.15) is 17.8 Å². The second kappa shape index (κ2) is 10.4. The molecule has 0 saturated carbocycles. The highest BCUT2D eigenvalue weighted by atomic mass is 32.2. The van der Waals surface area contributed by atoms with E-state index in [1.807, 2.05) is 13.8 Å². The van der Waals surface area contributed by atoms with Gasteiger partial charge in [-0.15, -0.1) is 0 Å². The molecular formula is C25H30N4O6S. The predicted octanol–water partition coefficient (Wildman–Crippen LogP) is 1.48. The van der Waals surface area contributed by atoms with Gasteiger partial charge in [-0.1, -0.05) is 19.9 Å². The summed E-state index contributed by atoms with van der Waals surface area (Å²) in [5.74, 6) is -0.439. The van der Waals surface area contributed by atoms with Crippen molar-refractivity contribution in [2.45, 2.75) is 49.8 Å². The van der Waals surface area contributed by atoms with Gasteiger partial charge in [0.15, 0.2) is 10.8 Å². The van der Waals surface area contributed by atoms with Crippen molar-refractivity contribution in [1.82, 2.24) is 19.5 Å². The number of sulfonamides is 1. The third-order valence-electron chi connectivity index (χ3n) is 6.53. The summed E-state index contributed by atoms with van der Waals surface area (Å²) in [7, 11) is -2.46. The van der Waals surface area contributed by atoms with Crippen molar-refractivity contribution < 1.29 is 27.5 Å². The average Bonchev–Trinajstić information content (AvgIpc) is 3.45. The molecule has 3 heterocycles. The van der Waals surface area contributed by atoms with Gasteiger partial charge >= 0.3 is 0 Å². The van der Waals surface area contributed by atoms with E-state index in [0.29, 0.717) is 24.2 Å². The maximum Gasteiger partial charge on any atom is 0.261 e. The smallest absolute Gasteiger partial charge is 0.261 e. The number of carbonyl (C=O) groups is 3. The van der Waals surface area contributed by atoms with Crippen LogP contribution in [-0.2, 0) is 19.6 Å². The van der Waals surface area contributed by atoms with E-state index in [2.05, 4.69) is 10.3 Å². The Kier molecular flexibility index (Phi) is 7.41. The summed E-state index contributed by atoms with van der Waals surface area (Å²) < 4.78 is 32.6. The molecule has 2 aromatic rings. The minimum atomic E-state index is -3.99. The van der Waals surface area contributed by atoms with Crippen LogP contribution in [0.25, 0.3) is 0 Å². The molecule has 2 fully saturated rings. The summed E-state index contributed by atoms with van der Waals surface area (Å²) >= 11 is 0. The predicted molar refractivity (Wildman–Crippen MR) is 131 cm³/mol. The Balaban J connectivity index is 1.53. The highest BCUT2D eigenvalue weighted by molar-refractivity contribution is 7.89. The fourth-order valence-electron chi connectivity index (χ4n) is 4.84. The van der Waals surface area contributed by atoms with Crippen molar-refractivity contribution in [1.29, 1.82) is 0 Å². The zero-order valence-electron chi connectivity index (χ0n) is 20.5. The number of nitrogens with zero attached hydrogens (tertiary/aromatic N) is 3. The van der Waals surface area contributed by atoms with E-state index in [-0.39, 0.29) is 35.7 Å². The van der Waals surface area contributed by atoms with Crippen LogP contribution < -0.4 is 10.1 Å². The van der Waals surface area contributed by atoms with Gasteiger partial charge in [0, 0.05) is 18.3 Å². The van der Waals surface area contributed by atoms with E-state index in [4.69, 9.17) is 4.74 Å². The highest BCUT2D eigenvalue weighted by Crippen LogP contribution is 2.34. The van der Waals surface area contributed by atoms with Gasteiger partial charge in [-0.25, -0.2) is 13.4 Å². The number of rotatable bonds is 8. The molecule has 11 heteroatoms. The molecule has 0 aliphatic carbocycles. The number of hydrogen-bond acceptors (Lipinski definition) is 7. The topological polar surface area (TPSA) is 126 Å². The number of benzene rings is 1. The number of carbonyl (C=O) groups excluding carboxylic acids is 3. The number of aromatic nitrogens is 1. The van der Waals surface area contributed by atoms with E-state index in [1.165, 1.54) is 24.3 Å². The van der Waals surface area contributed by atoms with Gasteiger partial charge < -0.3 is 15.0 Å². The molecule has 1 aromatic heterocycles. The Bertz CT molecular complexity index is 1230. The lowest BCUT2D eigenvalue weighted by Gasteiger charge is -2.29. The molecule has 2 amide bonds. The van der Waals surface area contributed by atoms with Gasteiger partial charge in [0.25, 0.3) is 15.9 Å². The fourth-order valence-corrected chi connectivity index (χ4v) is 6.40. The second-order valence-electron chi connectivity index (χ2n) is 9.40. The number of ether oxygens (including phenoxy) is 1. The largest absolute Gasteiger partial charge is 0.497 e. The molecule has 36 heavy (non-hydrogen) atoms. The minimum absolute atomic E-state index is 0.0915. The zero-order valence-corrected chi connectivity index (χ0v) is 21.3. The molecule has 0 spiro atoms. The Morgan fingerprint density at radius 1 is 1.17 bits per heavy atom.